The number of thiophene rings is 1. The van der Waals surface area contributed by atoms with Gasteiger partial charge >= 0.3 is 0 Å². The zero-order chi connectivity index (χ0) is 13.5. The topological polar surface area (TPSA) is 21.3 Å². The lowest BCUT2D eigenvalue weighted by molar-refractivity contribution is 0.363. The molecular weight excluding hydrogens is 254 g/mol. The SMILES string of the molecule is C=CCOc1ccc(CN[C@H](C)c2cccs2)cc1. The second kappa shape index (κ2) is 7.12. The first-order chi connectivity index (χ1) is 9.29. The van der Waals surface area contributed by atoms with Crippen LogP contribution in [-0.2, 0) is 6.54 Å². The highest BCUT2D eigenvalue weighted by molar-refractivity contribution is 7.10. The van der Waals surface area contributed by atoms with Crippen LogP contribution >= 0.6 is 11.3 Å². The van der Waals surface area contributed by atoms with Crippen LogP contribution in [0.15, 0.2) is 54.4 Å². The number of nitrogens with one attached hydrogen (secondary N) is 1. The van der Waals surface area contributed by atoms with Gasteiger partial charge in [0.15, 0.2) is 0 Å². The van der Waals surface area contributed by atoms with E-state index in [9.17, 15) is 0 Å². The molecule has 0 radical (unpaired) electrons. The first-order valence-corrected chi connectivity index (χ1v) is 7.27. The van der Waals surface area contributed by atoms with Gasteiger partial charge in [-0.2, -0.15) is 0 Å². The third-order valence-electron chi connectivity index (χ3n) is 2.87. The minimum Gasteiger partial charge on any atom is -0.490 e. The summed E-state index contributed by atoms with van der Waals surface area (Å²) in [4.78, 5) is 1.37. The summed E-state index contributed by atoms with van der Waals surface area (Å²) in [5, 5.41) is 5.63. The van der Waals surface area contributed by atoms with E-state index in [1.165, 1.54) is 10.4 Å². The van der Waals surface area contributed by atoms with Crippen LogP contribution in [0.4, 0.5) is 0 Å². The molecule has 3 heteroatoms. The number of ether oxygens (including phenoxy) is 1. The fraction of sp³-hybridized carbons (Fsp3) is 0.250. The lowest BCUT2D eigenvalue weighted by Crippen LogP contribution is -2.17. The molecule has 1 heterocycles. The van der Waals surface area contributed by atoms with Gasteiger partial charge in [-0.3, -0.25) is 0 Å². The second-order valence-corrected chi connectivity index (χ2v) is 5.34. The number of benzene rings is 1. The molecule has 0 fully saturated rings. The molecule has 2 aromatic rings. The summed E-state index contributed by atoms with van der Waals surface area (Å²) < 4.78 is 5.46. The van der Waals surface area contributed by atoms with Gasteiger partial charge in [0, 0.05) is 17.5 Å². The van der Waals surface area contributed by atoms with Gasteiger partial charge in [0.1, 0.15) is 12.4 Å². The smallest absolute Gasteiger partial charge is 0.119 e. The van der Waals surface area contributed by atoms with Gasteiger partial charge in [-0.15, -0.1) is 11.3 Å². The molecule has 0 saturated heterocycles. The Morgan fingerprint density at radius 2 is 2.11 bits per heavy atom. The summed E-state index contributed by atoms with van der Waals surface area (Å²) in [6, 6.07) is 12.8. The summed E-state index contributed by atoms with van der Waals surface area (Å²) in [5.41, 5.74) is 1.26. The van der Waals surface area contributed by atoms with Crippen molar-refractivity contribution < 1.29 is 4.74 Å². The quantitative estimate of drug-likeness (QED) is 0.765. The van der Waals surface area contributed by atoms with Crippen molar-refractivity contribution in [2.75, 3.05) is 6.61 Å². The van der Waals surface area contributed by atoms with E-state index in [1.54, 1.807) is 17.4 Å². The molecule has 100 valence electrons. The van der Waals surface area contributed by atoms with Crippen molar-refractivity contribution in [3.8, 4) is 5.75 Å². The number of hydrogen-bond donors (Lipinski definition) is 1. The van der Waals surface area contributed by atoms with Crippen LogP contribution in [0.5, 0.6) is 5.75 Å². The lowest BCUT2D eigenvalue weighted by atomic mass is 10.2. The first kappa shape index (κ1) is 13.8. The molecule has 0 aliphatic heterocycles. The Labute approximate surface area is 118 Å². The van der Waals surface area contributed by atoms with E-state index in [2.05, 4.69) is 48.5 Å². The molecule has 2 nitrogen and oxygen atoms in total. The first-order valence-electron chi connectivity index (χ1n) is 6.39. The van der Waals surface area contributed by atoms with E-state index >= 15 is 0 Å². The average Bonchev–Trinajstić information content (AvgIpc) is 2.98. The molecule has 19 heavy (non-hydrogen) atoms. The minimum absolute atomic E-state index is 0.386. The Morgan fingerprint density at radius 3 is 2.74 bits per heavy atom. The van der Waals surface area contributed by atoms with E-state index in [-0.39, 0.29) is 0 Å². The molecule has 0 amide bonds. The highest BCUT2D eigenvalue weighted by Crippen LogP contribution is 2.19. The van der Waals surface area contributed by atoms with Crippen LogP contribution in [0, 0.1) is 0 Å². The molecule has 1 N–H and O–H groups in total. The summed E-state index contributed by atoms with van der Waals surface area (Å²) in [5.74, 6) is 0.884. The van der Waals surface area contributed by atoms with E-state index < -0.39 is 0 Å². The fourth-order valence-corrected chi connectivity index (χ4v) is 2.53. The van der Waals surface area contributed by atoms with Crippen molar-refractivity contribution in [3.63, 3.8) is 0 Å². The Balaban J connectivity index is 1.84. The molecule has 1 aromatic heterocycles. The number of rotatable bonds is 7. The zero-order valence-corrected chi connectivity index (χ0v) is 12.0. The maximum atomic E-state index is 5.46. The molecule has 0 aliphatic carbocycles. The van der Waals surface area contributed by atoms with E-state index in [4.69, 9.17) is 4.74 Å². The summed E-state index contributed by atoms with van der Waals surface area (Å²) in [6.45, 7) is 7.23. The average molecular weight is 273 g/mol. The maximum Gasteiger partial charge on any atom is 0.119 e. The Hall–Kier alpha value is -1.58. The van der Waals surface area contributed by atoms with Gasteiger partial charge in [-0.25, -0.2) is 0 Å². The van der Waals surface area contributed by atoms with Gasteiger partial charge in [0.25, 0.3) is 0 Å². The van der Waals surface area contributed by atoms with Crippen LogP contribution in [0.2, 0.25) is 0 Å². The molecular formula is C16H19NOS. The van der Waals surface area contributed by atoms with Gasteiger partial charge < -0.3 is 10.1 Å². The molecule has 0 spiro atoms. The van der Waals surface area contributed by atoms with Crippen molar-refractivity contribution in [2.24, 2.45) is 0 Å². The van der Waals surface area contributed by atoms with Gasteiger partial charge in [0.05, 0.1) is 0 Å². The van der Waals surface area contributed by atoms with Crippen LogP contribution in [0.25, 0.3) is 0 Å². The molecule has 1 atom stereocenters. The van der Waals surface area contributed by atoms with Gasteiger partial charge in [-0.1, -0.05) is 30.9 Å². The summed E-state index contributed by atoms with van der Waals surface area (Å²) in [7, 11) is 0. The van der Waals surface area contributed by atoms with Crippen molar-refractivity contribution in [3.05, 3.63) is 64.9 Å². The van der Waals surface area contributed by atoms with Crippen LogP contribution < -0.4 is 10.1 Å². The molecule has 1 aromatic carbocycles. The van der Waals surface area contributed by atoms with E-state index in [1.807, 2.05) is 12.1 Å². The highest BCUT2D eigenvalue weighted by Gasteiger charge is 2.05. The molecule has 0 aliphatic rings. The third-order valence-corrected chi connectivity index (χ3v) is 3.93. The predicted octanol–water partition coefficient (Wildman–Crippen LogP) is 4.16. The maximum absolute atomic E-state index is 5.46. The van der Waals surface area contributed by atoms with Crippen molar-refractivity contribution in [2.45, 2.75) is 19.5 Å². The molecule has 0 bridgehead atoms. The van der Waals surface area contributed by atoms with Crippen LogP contribution in [0.1, 0.15) is 23.4 Å². The Morgan fingerprint density at radius 1 is 1.32 bits per heavy atom. The van der Waals surface area contributed by atoms with Gasteiger partial charge in [-0.05, 0) is 36.1 Å². The van der Waals surface area contributed by atoms with Crippen molar-refractivity contribution >= 4 is 11.3 Å². The summed E-state index contributed by atoms with van der Waals surface area (Å²) in [6.07, 6.45) is 1.75. The predicted molar refractivity (Wildman–Crippen MR) is 81.7 cm³/mol. The monoisotopic (exact) mass is 273 g/mol. The second-order valence-electron chi connectivity index (χ2n) is 4.36. The van der Waals surface area contributed by atoms with Crippen molar-refractivity contribution in [1.82, 2.24) is 5.32 Å². The zero-order valence-electron chi connectivity index (χ0n) is 11.1. The van der Waals surface area contributed by atoms with Crippen molar-refractivity contribution in [1.29, 1.82) is 0 Å². The third kappa shape index (κ3) is 4.23. The Kier molecular flexibility index (Phi) is 5.19. The lowest BCUT2D eigenvalue weighted by Gasteiger charge is -2.12. The minimum atomic E-state index is 0.386. The van der Waals surface area contributed by atoms with Gasteiger partial charge in [0.2, 0.25) is 0 Å². The van der Waals surface area contributed by atoms with E-state index in [0.717, 1.165) is 12.3 Å². The van der Waals surface area contributed by atoms with E-state index in [0.29, 0.717) is 12.6 Å². The number of hydrogen-bond acceptors (Lipinski definition) is 3. The normalized spacial score (nSPS) is 12.1. The Bertz CT molecular complexity index is 490. The molecule has 0 unspecified atom stereocenters. The largest absolute Gasteiger partial charge is 0.490 e. The van der Waals surface area contributed by atoms with Crippen LogP contribution in [-0.4, -0.2) is 6.61 Å². The molecule has 2 rings (SSSR count). The highest BCUT2D eigenvalue weighted by atomic mass is 32.1. The fourth-order valence-electron chi connectivity index (χ4n) is 1.77. The standard InChI is InChI=1S/C16H19NOS/c1-3-10-18-15-8-6-14(7-9-15)12-17-13(2)16-5-4-11-19-16/h3-9,11,13,17H,1,10,12H2,2H3/t13-/m1/s1. The van der Waals surface area contributed by atoms with Crippen LogP contribution in [0.3, 0.4) is 0 Å². The summed E-state index contributed by atoms with van der Waals surface area (Å²) >= 11 is 1.79. The molecule has 0 saturated carbocycles.